The molecule has 0 spiro atoms. The lowest BCUT2D eigenvalue weighted by Gasteiger charge is -2.32. The van der Waals surface area contributed by atoms with Gasteiger partial charge in [-0.1, -0.05) is 6.07 Å². The van der Waals surface area contributed by atoms with Gasteiger partial charge in [0.05, 0.1) is 12.9 Å². The van der Waals surface area contributed by atoms with E-state index >= 15 is 0 Å². The molecule has 2 aromatic rings. The van der Waals surface area contributed by atoms with E-state index in [2.05, 4.69) is 10.3 Å². The topological polar surface area (TPSA) is 134 Å². The molecule has 36 heavy (non-hydrogen) atoms. The van der Waals surface area contributed by atoms with Gasteiger partial charge in [-0.3, -0.25) is 30.1 Å². The number of rotatable bonds is 6. The van der Waals surface area contributed by atoms with Crippen molar-refractivity contribution in [3.8, 4) is 0 Å². The van der Waals surface area contributed by atoms with Crippen LogP contribution in [0.5, 0.6) is 0 Å². The second-order valence-corrected chi connectivity index (χ2v) is 9.53. The zero-order chi connectivity index (χ0) is 25.4. The molecule has 0 radical (unpaired) electrons. The molecule has 3 aliphatic rings. The van der Waals surface area contributed by atoms with E-state index < -0.39 is 0 Å². The first kappa shape index (κ1) is 23.7. The number of carbonyl (C=O) groups is 3. The predicted molar refractivity (Wildman–Crippen MR) is 134 cm³/mol. The number of piperidine rings is 1. The summed E-state index contributed by atoms with van der Waals surface area (Å²) in [6.07, 6.45) is 4.49. The Morgan fingerprint density at radius 3 is 2.56 bits per heavy atom. The summed E-state index contributed by atoms with van der Waals surface area (Å²) in [5, 5.41) is 19.0. The molecule has 10 heteroatoms. The van der Waals surface area contributed by atoms with Gasteiger partial charge in [-0.15, -0.1) is 0 Å². The molecule has 1 aromatic carbocycles. The van der Waals surface area contributed by atoms with Gasteiger partial charge in [0.25, 0.3) is 11.8 Å². The monoisotopic (exact) mass is 487 g/mol. The second kappa shape index (κ2) is 9.52. The molecular weight excluding hydrogens is 458 g/mol. The molecule has 1 saturated heterocycles. The Morgan fingerprint density at radius 1 is 1.14 bits per heavy atom. The molecule has 0 bridgehead atoms. The Labute approximate surface area is 209 Å². The number of hydrogen-bond acceptors (Lipinski definition) is 6. The Balaban J connectivity index is 1.29. The van der Waals surface area contributed by atoms with E-state index in [0.717, 1.165) is 37.6 Å². The summed E-state index contributed by atoms with van der Waals surface area (Å²) in [6, 6.07) is 10.7. The lowest BCUT2D eigenvalue weighted by atomic mass is 10.0. The average molecular weight is 488 g/mol. The first-order valence-corrected chi connectivity index (χ1v) is 12.2. The highest BCUT2D eigenvalue weighted by Crippen LogP contribution is 2.30. The van der Waals surface area contributed by atoms with Crippen molar-refractivity contribution in [1.82, 2.24) is 20.1 Å². The third-order valence-corrected chi connectivity index (χ3v) is 6.94. The quantitative estimate of drug-likeness (QED) is 0.425. The highest BCUT2D eigenvalue weighted by molar-refractivity contribution is 6.10. The summed E-state index contributed by atoms with van der Waals surface area (Å²) < 4.78 is 0. The summed E-state index contributed by atoms with van der Waals surface area (Å²) in [4.78, 5) is 47.1. The van der Waals surface area contributed by atoms with Crippen LogP contribution in [0.25, 0.3) is 0 Å². The maximum atomic E-state index is 13.1. The van der Waals surface area contributed by atoms with Crippen LogP contribution in [0.2, 0.25) is 0 Å². The largest absolute Gasteiger partial charge is 0.353 e. The summed E-state index contributed by atoms with van der Waals surface area (Å²) in [6.45, 7) is 2.94. The maximum Gasteiger partial charge on any atom is 0.260 e. The van der Waals surface area contributed by atoms with Gasteiger partial charge in [0, 0.05) is 43.2 Å². The molecular formula is C26H29N7O3. The van der Waals surface area contributed by atoms with E-state index in [1.54, 1.807) is 51.1 Å². The van der Waals surface area contributed by atoms with Gasteiger partial charge >= 0.3 is 0 Å². The summed E-state index contributed by atoms with van der Waals surface area (Å²) in [5.74, 6) is 0.257. The van der Waals surface area contributed by atoms with Gasteiger partial charge in [0.1, 0.15) is 11.5 Å². The molecule has 0 unspecified atom stereocenters. The minimum atomic E-state index is -0.192. The molecule has 186 valence electrons. The fourth-order valence-electron chi connectivity index (χ4n) is 4.88. The minimum Gasteiger partial charge on any atom is -0.353 e. The number of amides is 3. The molecule has 2 fully saturated rings. The third-order valence-electron chi connectivity index (χ3n) is 6.94. The number of carbonyl (C=O) groups excluding carboxylic acids is 3. The smallest absolute Gasteiger partial charge is 0.260 e. The van der Waals surface area contributed by atoms with Gasteiger partial charge in [-0.2, -0.15) is 0 Å². The molecule has 3 heterocycles. The number of pyridine rings is 1. The number of amidine groups is 1. The number of likely N-dealkylation sites (tertiary alicyclic amines) is 1. The SMILES string of the molecule is CC(=O)NC1CCN(C(=O)c2ccc3c(c2)CN(c2cccc(C(=N)N(C=N)C4CC4)n2)C3=O)CC1. The Hall–Kier alpha value is -4.08. The molecule has 0 atom stereocenters. The highest BCUT2D eigenvalue weighted by atomic mass is 16.2. The van der Waals surface area contributed by atoms with Crippen molar-refractivity contribution >= 4 is 35.7 Å². The van der Waals surface area contributed by atoms with Crippen LogP contribution in [0, 0.1) is 10.8 Å². The second-order valence-electron chi connectivity index (χ2n) is 9.53. The highest BCUT2D eigenvalue weighted by Gasteiger charge is 2.33. The standard InChI is InChI=1S/C26H29N7O3/c1-16(34)29-19-9-11-31(12-10-19)25(35)17-5-8-21-18(13-17)14-32(26(21)36)23-4-2-3-22(30-23)24(28)33(15-27)20-6-7-20/h2-5,8,13,15,19-20,27-28H,6-7,9-12,14H2,1H3,(H,29,34). The van der Waals surface area contributed by atoms with Crippen LogP contribution in [-0.2, 0) is 11.3 Å². The molecule has 3 N–H and O–H groups in total. The van der Waals surface area contributed by atoms with E-state index in [1.165, 1.54) is 6.92 Å². The van der Waals surface area contributed by atoms with Crippen molar-refractivity contribution in [3.05, 3.63) is 58.8 Å². The number of nitrogens with one attached hydrogen (secondary N) is 3. The number of benzene rings is 1. The van der Waals surface area contributed by atoms with E-state index in [9.17, 15) is 14.4 Å². The normalized spacial score (nSPS) is 17.5. The number of aromatic nitrogens is 1. The lowest BCUT2D eigenvalue weighted by Crippen LogP contribution is -2.46. The lowest BCUT2D eigenvalue weighted by molar-refractivity contribution is -0.119. The number of nitrogens with zero attached hydrogens (tertiary/aromatic N) is 4. The maximum absolute atomic E-state index is 13.1. The molecule has 2 aliphatic heterocycles. The van der Waals surface area contributed by atoms with Crippen LogP contribution in [0.3, 0.4) is 0 Å². The fraction of sp³-hybridized carbons (Fsp3) is 0.385. The Bertz CT molecular complexity index is 1250. The summed E-state index contributed by atoms with van der Waals surface area (Å²) in [7, 11) is 0. The van der Waals surface area contributed by atoms with E-state index in [4.69, 9.17) is 10.8 Å². The Morgan fingerprint density at radius 2 is 1.89 bits per heavy atom. The fourth-order valence-corrected chi connectivity index (χ4v) is 4.88. The van der Waals surface area contributed by atoms with Crippen molar-refractivity contribution in [2.24, 2.45) is 0 Å². The predicted octanol–water partition coefficient (Wildman–Crippen LogP) is 2.38. The van der Waals surface area contributed by atoms with E-state index in [-0.39, 0.29) is 35.6 Å². The first-order chi connectivity index (χ1) is 17.4. The third kappa shape index (κ3) is 4.58. The molecule has 1 aromatic heterocycles. The van der Waals surface area contributed by atoms with Crippen LogP contribution >= 0.6 is 0 Å². The number of hydrogen-bond donors (Lipinski definition) is 3. The number of anilines is 1. The van der Waals surface area contributed by atoms with Crippen molar-refractivity contribution in [3.63, 3.8) is 0 Å². The van der Waals surface area contributed by atoms with Gasteiger partial charge in [0.15, 0.2) is 5.84 Å². The van der Waals surface area contributed by atoms with Gasteiger partial charge in [-0.05, 0) is 61.6 Å². The van der Waals surface area contributed by atoms with Crippen LogP contribution < -0.4 is 10.2 Å². The Kier molecular flexibility index (Phi) is 6.26. The van der Waals surface area contributed by atoms with E-state index in [0.29, 0.717) is 42.3 Å². The van der Waals surface area contributed by atoms with Crippen LogP contribution in [0.15, 0.2) is 36.4 Å². The van der Waals surface area contributed by atoms with Gasteiger partial charge in [-0.25, -0.2) is 4.98 Å². The summed E-state index contributed by atoms with van der Waals surface area (Å²) >= 11 is 0. The van der Waals surface area contributed by atoms with Crippen LogP contribution in [0.1, 0.15) is 64.6 Å². The average Bonchev–Trinajstić information content (AvgIpc) is 3.66. The molecule has 5 rings (SSSR count). The molecule has 10 nitrogen and oxygen atoms in total. The first-order valence-electron chi connectivity index (χ1n) is 12.2. The van der Waals surface area contributed by atoms with Crippen molar-refractivity contribution in [2.45, 2.75) is 51.2 Å². The molecule has 1 saturated carbocycles. The van der Waals surface area contributed by atoms with Crippen molar-refractivity contribution in [2.75, 3.05) is 18.0 Å². The van der Waals surface area contributed by atoms with Gasteiger partial charge in [0.2, 0.25) is 5.91 Å². The zero-order valence-corrected chi connectivity index (χ0v) is 20.2. The molecule has 1 aliphatic carbocycles. The van der Waals surface area contributed by atoms with Crippen molar-refractivity contribution in [1.29, 1.82) is 10.8 Å². The van der Waals surface area contributed by atoms with Crippen molar-refractivity contribution < 1.29 is 14.4 Å². The zero-order valence-electron chi connectivity index (χ0n) is 20.2. The van der Waals surface area contributed by atoms with Crippen LogP contribution in [-0.4, -0.2) is 69.9 Å². The number of fused-ring (bicyclic) bond motifs is 1. The minimum absolute atomic E-state index is 0.0561. The van der Waals surface area contributed by atoms with Gasteiger partial charge < -0.3 is 15.1 Å². The van der Waals surface area contributed by atoms with Crippen LogP contribution in [0.4, 0.5) is 5.82 Å². The summed E-state index contributed by atoms with van der Waals surface area (Å²) in [5.41, 5.74) is 2.25. The van der Waals surface area contributed by atoms with E-state index in [1.807, 2.05) is 0 Å². The molecule has 3 amide bonds.